The quantitative estimate of drug-likeness (QED) is 0.0405. The number of aliphatic hydroxyl groups is 1. The number of hydrogen-bond donors (Lipinski definition) is 10. The van der Waals surface area contributed by atoms with Gasteiger partial charge in [0.1, 0.15) is 6.04 Å². The van der Waals surface area contributed by atoms with Gasteiger partial charge in [-0.3, -0.25) is 65.6 Å². The SMILES string of the molecule is F[P-](F)(F)(F)(F)F.F[P-](F)(F)(F)(F)F.F[P-](F)(F)(F)(F)F.F[P-](F)(F)(F)(F)F.O=C(NC[C@H]1CC[N+]2=C(N1)N[C@@H](CSC[C@H]1CC[N+]3=C(N1)N[C@@H](CSC[C@H]1CC[N+]4=C(N1)N[C@@H](CSC[C@H]1CC[N+]5=C(N1)N[C@@H](CO)CC5)CC4)CC3)CC2)C12CC3CC(CC(C3)C1)C2. The van der Waals surface area contributed by atoms with Gasteiger partial charge in [0.2, 0.25) is 5.91 Å². The minimum atomic E-state index is -10.7. The zero-order chi connectivity index (χ0) is 69.4. The van der Waals surface area contributed by atoms with Crippen molar-refractivity contribution in [1.82, 2.24) is 47.9 Å². The Morgan fingerprint density at radius 3 is 0.785 bits per heavy atom. The molecular weight excluding hydrogens is 1450 g/mol. The van der Waals surface area contributed by atoms with Gasteiger partial charge in [-0.2, -0.15) is 35.3 Å². The maximum Gasteiger partial charge on any atom is 0.346 e. The Morgan fingerprint density at radius 2 is 0.559 bits per heavy atom. The first kappa shape index (κ1) is 77.9. The third kappa shape index (κ3) is 33.3. The molecule has 46 heteroatoms. The topological polar surface area (TPSA) is 158 Å². The van der Waals surface area contributed by atoms with E-state index in [0.29, 0.717) is 48.2 Å². The first-order valence-corrected chi connectivity index (χ1v) is 41.7. The fourth-order valence-corrected chi connectivity index (χ4v) is 17.4. The second kappa shape index (κ2) is 25.6. The standard InChI is InChI=1S/C47H77N13O2S3.4F6P/c61-24-35-2-10-58-12-4-37(52-44(58)50-35)26-64-28-39-6-14-60-16-8-41(56-46(60)54-39)30-65-29-40-7-15-59-13-5-38(53-45(59)55-40)27-63-25-36-3-11-57-9-1-34(49-43(57)51-36)23-48-42(62)47-20-31-17-32(21-47)19-33(18-31)22-47;4*1-7(2,3,4,5)6/h31-41,61H,1-30H2,(H5,48,49,50,51,52,53,54,55,56,62);;;;/q;4*-1/p+4/t31?,32?,33?,34-,35-,36-,37-,38-,39-,40-,41-,47?;;;;/m1..../s1. The molecular formula is C47H81F24N13O2P4S3. The molecule has 4 fully saturated rings. The van der Waals surface area contributed by atoms with Gasteiger partial charge in [-0.15, -0.1) is 0 Å². The fourth-order valence-electron chi connectivity index (χ4n) is 13.7. The predicted molar refractivity (Wildman–Crippen MR) is 319 cm³/mol. The molecule has 12 rings (SSSR count). The number of nitrogens with zero attached hydrogens (tertiary/aromatic N) is 4. The number of carbonyl (C=O) groups is 1. The van der Waals surface area contributed by atoms with E-state index in [4.69, 9.17) is 0 Å². The molecule has 4 aliphatic carbocycles. The normalized spacial score (nSPS) is 33.7. The molecule has 0 saturated heterocycles. The Kier molecular flexibility index (Phi) is 21.5. The van der Waals surface area contributed by atoms with E-state index >= 15 is 0 Å². The van der Waals surface area contributed by atoms with Crippen molar-refractivity contribution in [1.29, 1.82) is 0 Å². The van der Waals surface area contributed by atoms with Crippen LogP contribution in [0.1, 0.15) is 89.9 Å². The number of halogens is 24. The molecule has 552 valence electrons. The Balaban J connectivity index is 0.000000366. The van der Waals surface area contributed by atoms with Gasteiger partial charge >= 0.3 is 156 Å². The van der Waals surface area contributed by atoms with E-state index in [2.05, 4.69) is 101 Å². The van der Waals surface area contributed by atoms with E-state index in [-0.39, 0.29) is 18.1 Å². The van der Waals surface area contributed by atoms with Gasteiger partial charge in [0.05, 0.1) is 108 Å². The van der Waals surface area contributed by atoms with Crippen LogP contribution in [0.5, 0.6) is 0 Å². The molecule has 0 radical (unpaired) electrons. The molecule has 0 unspecified atom stereocenters. The predicted octanol–water partition coefficient (Wildman–Crippen LogP) is 13.4. The van der Waals surface area contributed by atoms with Crippen molar-refractivity contribution >= 4 is 96.3 Å². The number of nitrogens with one attached hydrogen (secondary N) is 9. The summed E-state index contributed by atoms with van der Waals surface area (Å²) in [5, 5.41) is 43.7. The molecule has 4 saturated carbocycles. The number of rotatable bonds is 16. The Morgan fingerprint density at radius 1 is 0.366 bits per heavy atom. The third-order valence-corrected chi connectivity index (χ3v) is 21.0. The molecule has 15 nitrogen and oxygen atoms in total. The second-order valence-electron chi connectivity index (χ2n) is 25.9. The Labute approximate surface area is 532 Å². The molecule has 0 aromatic heterocycles. The van der Waals surface area contributed by atoms with Crippen molar-refractivity contribution in [2.75, 3.05) is 100 Å². The molecule has 8 aliphatic heterocycles. The molecule has 0 spiro atoms. The molecule has 1 amide bonds. The molecule has 0 aromatic rings. The monoisotopic (exact) mass is 1540 g/mol. The minimum Gasteiger partial charge on any atom is -0.393 e. The van der Waals surface area contributed by atoms with Crippen molar-refractivity contribution in [3.05, 3.63) is 0 Å². The third-order valence-electron chi connectivity index (χ3n) is 17.1. The average Bonchev–Trinajstić information content (AvgIpc) is 0.762. The number of guanidine groups is 4. The minimum absolute atomic E-state index is 0.0586. The maximum atomic E-state index is 13.6. The summed E-state index contributed by atoms with van der Waals surface area (Å²) in [6, 6.07) is 3.50. The van der Waals surface area contributed by atoms with Gasteiger partial charge in [0, 0.05) is 91.3 Å². The first-order chi connectivity index (χ1) is 41.7. The first-order valence-electron chi connectivity index (χ1n) is 30.2. The van der Waals surface area contributed by atoms with Gasteiger partial charge < -0.3 is 10.4 Å². The summed E-state index contributed by atoms with van der Waals surface area (Å²) < 4.78 is 247. The van der Waals surface area contributed by atoms with Gasteiger partial charge in [0.15, 0.2) is 0 Å². The van der Waals surface area contributed by atoms with Crippen molar-refractivity contribution in [3.8, 4) is 0 Å². The van der Waals surface area contributed by atoms with E-state index < -0.39 is 31.2 Å². The number of carbonyl (C=O) groups excluding carboxylic acids is 1. The van der Waals surface area contributed by atoms with Crippen LogP contribution in [0.3, 0.4) is 0 Å². The van der Waals surface area contributed by atoms with Crippen LogP contribution in [0.2, 0.25) is 0 Å². The van der Waals surface area contributed by atoms with Crippen molar-refractivity contribution < 1.29 is 129 Å². The van der Waals surface area contributed by atoms with E-state index in [0.717, 1.165) is 149 Å². The number of thioether (sulfide) groups is 3. The van der Waals surface area contributed by atoms with Crippen LogP contribution in [-0.2, 0) is 4.79 Å². The second-order valence-corrected chi connectivity index (χ2v) is 36.8. The zero-order valence-electron chi connectivity index (χ0n) is 49.8. The largest absolute Gasteiger partial charge is 0.393 e. The summed E-state index contributed by atoms with van der Waals surface area (Å²) in [7, 11) is -42.6. The van der Waals surface area contributed by atoms with Crippen molar-refractivity contribution in [2.24, 2.45) is 23.2 Å². The van der Waals surface area contributed by atoms with Crippen LogP contribution in [0.4, 0.5) is 101 Å². The van der Waals surface area contributed by atoms with Gasteiger partial charge in [-0.1, -0.05) is 0 Å². The summed E-state index contributed by atoms with van der Waals surface area (Å²) >= 11 is 6.30. The van der Waals surface area contributed by atoms with Gasteiger partial charge in [0.25, 0.3) is 0 Å². The molecule has 12 aliphatic rings. The molecule has 10 N–H and O–H groups in total. The Hall–Kier alpha value is -2.40. The molecule has 4 bridgehead atoms. The number of amides is 1. The van der Waals surface area contributed by atoms with Crippen LogP contribution in [0, 0.1) is 23.2 Å². The summed E-state index contributed by atoms with van der Waals surface area (Å²) in [5.74, 6) is 14.5. The smallest absolute Gasteiger partial charge is 0.346 e. The van der Waals surface area contributed by atoms with Gasteiger partial charge in [-0.05, 0) is 56.3 Å². The van der Waals surface area contributed by atoms with Crippen molar-refractivity contribution in [2.45, 2.75) is 138 Å². The number of aliphatic hydroxyl groups excluding tert-OH is 1. The average molecular weight is 1540 g/mol. The van der Waals surface area contributed by atoms with Crippen LogP contribution in [0.15, 0.2) is 0 Å². The fraction of sp³-hybridized carbons (Fsp3) is 0.894. The van der Waals surface area contributed by atoms with E-state index in [1.807, 2.05) is 0 Å². The molecule has 8 atom stereocenters. The van der Waals surface area contributed by atoms with Crippen molar-refractivity contribution in [3.63, 3.8) is 0 Å². The Bertz CT molecular complexity index is 2640. The number of hydrogen-bond acceptors (Lipinski definition) is 13. The summed E-state index contributed by atoms with van der Waals surface area (Å²) in [6.45, 7) is 9.85. The molecule has 0 aromatic carbocycles. The summed E-state index contributed by atoms with van der Waals surface area (Å²) in [4.78, 5) is 13.6. The summed E-state index contributed by atoms with van der Waals surface area (Å²) in [6.07, 6.45) is 16.9. The summed E-state index contributed by atoms with van der Waals surface area (Å²) in [5.41, 5.74) is -0.0586. The van der Waals surface area contributed by atoms with Crippen LogP contribution >= 0.6 is 66.5 Å². The van der Waals surface area contributed by atoms with E-state index in [1.165, 1.54) is 75.7 Å². The molecule has 8 heterocycles. The van der Waals surface area contributed by atoms with Gasteiger partial charge in [-0.25, -0.2) is 0 Å². The maximum absolute atomic E-state index is 13.6. The van der Waals surface area contributed by atoms with E-state index in [1.54, 1.807) is 0 Å². The van der Waals surface area contributed by atoms with E-state index in [9.17, 15) is 111 Å². The van der Waals surface area contributed by atoms with Crippen LogP contribution in [0.25, 0.3) is 0 Å². The molecule has 93 heavy (non-hydrogen) atoms. The van der Waals surface area contributed by atoms with Crippen LogP contribution in [-0.4, -0.2) is 202 Å². The zero-order valence-corrected chi connectivity index (χ0v) is 55.8. The van der Waals surface area contributed by atoms with Crippen LogP contribution < -0.4 is 47.9 Å².